The molecule has 47 heavy (non-hydrogen) atoms. The van der Waals surface area contributed by atoms with Crippen molar-refractivity contribution in [3.8, 4) is 0 Å². The first-order chi connectivity index (χ1) is 22.4. The average Bonchev–Trinajstić information content (AvgIpc) is 3.05. The van der Waals surface area contributed by atoms with Gasteiger partial charge in [-0.25, -0.2) is 14.2 Å². The van der Waals surface area contributed by atoms with Gasteiger partial charge in [-0.2, -0.15) is 18.2 Å². The zero-order valence-electron chi connectivity index (χ0n) is 24.4. The van der Waals surface area contributed by atoms with Crippen LogP contribution >= 0.6 is 11.6 Å². The van der Waals surface area contributed by atoms with Crippen LogP contribution in [-0.2, 0) is 16.0 Å². The number of hydrogen-bond acceptors (Lipinski definition) is 8. The van der Waals surface area contributed by atoms with Crippen LogP contribution in [0.15, 0.2) is 79.0 Å². The zero-order chi connectivity index (χ0) is 34.0. The van der Waals surface area contributed by atoms with E-state index in [1.165, 1.54) is 0 Å². The predicted molar refractivity (Wildman–Crippen MR) is 168 cm³/mol. The van der Waals surface area contributed by atoms with Gasteiger partial charge in [0.25, 0.3) is 5.91 Å². The van der Waals surface area contributed by atoms with Crippen LogP contribution in [0.25, 0.3) is 0 Å². The minimum absolute atomic E-state index is 0.0241. The highest BCUT2D eigenvalue weighted by molar-refractivity contribution is 6.33. The molecule has 0 bridgehead atoms. The van der Waals surface area contributed by atoms with E-state index in [-0.39, 0.29) is 23.6 Å². The number of nitrogens with one attached hydrogen (secondary N) is 4. The molecular weight excluding hydrogens is 646 g/mol. The van der Waals surface area contributed by atoms with Gasteiger partial charge in [0, 0.05) is 43.1 Å². The van der Waals surface area contributed by atoms with E-state index in [1.807, 2.05) is 29.2 Å². The molecule has 1 aliphatic rings. The van der Waals surface area contributed by atoms with Crippen LogP contribution in [0.2, 0.25) is 5.02 Å². The van der Waals surface area contributed by atoms with Gasteiger partial charge in [-0.15, -0.1) is 0 Å². The molecule has 2 heterocycles. The Bertz CT molecular complexity index is 1700. The van der Waals surface area contributed by atoms with Crippen LogP contribution in [-0.4, -0.2) is 70.1 Å². The van der Waals surface area contributed by atoms with Crippen LogP contribution in [0.5, 0.6) is 0 Å². The molecule has 0 unspecified atom stereocenters. The van der Waals surface area contributed by atoms with Gasteiger partial charge in [-0.1, -0.05) is 35.9 Å². The van der Waals surface area contributed by atoms with Crippen LogP contribution in [0.1, 0.15) is 15.9 Å². The molecule has 11 nitrogen and oxygen atoms in total. The van der Waals surface area contributed by atoms with Crippen molar-refractivity contribution in [3.63, 3.8) is 0 Å². The summed E-state index contributed by atoms with van der Waals surface area (Å²) in [7, 11) is 0. The number of rotatable bonds is 8. The molecule has 5 rings (SSSR count). The molecule has 1 aliphatic heterocycles. The second-order valence-corrected chi connectivity index (χ2v) is 10.4. The van der Waals surface area contributed by atoms with Crippen molar-refractivity contribution >= 4 is 58.2 Å². The number of amides is 2. The first-order valence-electron chi connectivity index (χ1n) is 14.0. The fourth-order valence-corrected chi connectivity index (χ4v) is 4.33. The fraction of sp³-hybridized carbons (Fsp3) is 0.194. The molecule has 0 atom stereocenters. The van der Waals surface area contributed by atoms with Crippen LogP contribution in [0.3, 0.4) is 0 Å². The number of alkyl halides is 3. The Morgan fingerprint density at radius 2 is 1.51 bits per heavy atom. The second-order valence-electron chi connectivity index (χ2n) is 9.96. The standard InChI is InChI=1S/C29H27ClFN7O2.C2HF3O2/c30-23-3-1-2-4-25(23)36-28(40)20-7-11-21(12-8-20)34-27-24(31)18-33-29(37-27)35-22-9-5-19(6-10-22)17-26(39)38-15-13-32-14-16-38;3-2(4,5)1(6)7/h1-12,18,32H,13-17H2,(H,36,40)(H2,33,34,35,37);(H,6,7). The molecule has 16 heteroatoms. The summed E-state index contributed by atoms with van der Waals surface area (Å²) in [4.78, 5) is 44.1. The Labute approximate surface area is 271 Å². The summed E-state index contributed by atoms with van der Waals surface area (Å²) in [6.45, 7) is 3.08. The van der Waals surface area contributed by atoms with E-state index in [2.05, 4.69) is 31.2 Å². The number of aliphatic carboxylic acids is 1. The fourth-order valence-electron chi connectivity index (χ4n) is 4.15. The Balaban J connectivity index is 0.000000644. The zero-order valence-corrected chi connectivity index (χ0v) is 25.2. The number of anilines is 5. The number of aromatic nitrogens is 2. The number of carbonyl (C=O) groups is 3. The highest BCUT2D eigenvalue weighted by Crippen LogP contribution is 2.24. The molecule has 0 aliphatic carbocycles. The van der Waals surface area contributed by atoms with Gasteiger partial charge in [0.1, 0.15) is 0 Å². The minimum atomic E-state index is -5.08. The second kappa shape index (κ2) is 15.8. The number of benzene rings is 3. The number of carboxylic acids is 1. The summed E-state index contributed by atoms with van der Waals surface area (Å²) < 4.78 is 46.2. The van der Waals surface area contributed by atoms with Crippen LogP contribution in [0, 0.1) is 5.82 Å². The van der Waals surface area contributed by atoms with E-state index in [9.17, 15) is 27.2 Å². The minimum Gasteiger partial charge on any atom is -0.475 e. The summed E-state index contributed by atoms with van der Waals surface area (Å²) in [6, 6.07) is 20.9. The Hall–Kier alpha value is -5.28. The Morgan fingerprint density at radius 1 is 0.915 bits per heavy atom. The third-order valence-corrected chi connectivity index (χ3v) is 6.88. The lowest BCUT2D eigenvalue weighted by molar-refractivity contribution is -0.192. The van der Waals surface area contributed by atoms with Crippen molar-refractivity contribution in [2.45, 2.75) is 12.6 Å². The monoisotopic (exact) mass is 673 g/mol. The van der Waals surface area contributed by atoms with Crippen molar-refractivity contribution in [2.24, 2.45) is 0 Å². The lowest BCUT2D eigenvalue weighted by Crippen LogP contribution is -2.46. The van der Waals surface area contributed by atoms with Gasteiger partial charge in [0.15, 0.2) is 11.6 Å². The van der Waals surface area contributed by atoms with Crippen molar-refractivity contribution in [3.05, 3.63) is 101 Å². The molecule has 0 spiro atoms. The topological polar surface area (TPSA) is 149 Å². The molecule has 2 amide bonds. The molecule has 4 aromatic rings. The van der Waals surface area contributed by atoms with E-state index in [0.29, 0.717) is 34.1 Å². The molecular formula is C31H28ClF4N7O4. The normalized spacial score (nSPS) is 12.7. The number of hydrogen-bond donors (Lipinski definition) is 5. The molecule has 3 aromatic carbocycles. The van der Waals surface area contributed by atoms with Gasteiger partial charge >= 0.3 is 12.1 Å². The maximum absolute atomic E-state index is 14.5. The first kappa shape index (κ1) is 34.6. The van der Waals surface area contributed by atoms with Crippen molar-refractivity contribution in [2.75, 3.05) is 42.1 Å². The Kier molecular flexibility index (Phi) is 11.6. The molecule has 0 saturated carbocycles. The SMILES string of the molecule is O=C(Nc1ccccc1Cl)c1ccc(Nc2nc(Nc3ccc(CC(=O)N4CCNCC4)cc3)ncc2F)cc1.O=C(O)C(F)(F)F. The van der Waals surface area contributed by atoms with Crippen LogP contribution < -0.4 is 21.3 Å². The third kappa shape index (κ3) is 10.4. The predicted octanol–water partition coefficient (Wildman–Crippen LogP) is 5.62. The molecule has 1 aromatic heterocycles. The number of piperazine rings is 1. The quantitative estimate of drug-likeness (QED) is 0.150. The number of para-hydroxylation sites is 1. The van der Waals surface area contributed by atoms with Crippen molar-refractivity contribution in [1.82, 2.24) is 20.2 Å². The van der Waals surface area contributed by atoms with Gasteiger partial charge in [-0.05, 0) is 54.1 Å². The molecule has 1 saturated heterocycles. The van der Waals surface area contributed by atoms with E-state index in [4.69, 9.17) is 21.5 Å². The van der Waals surface area contributed by atoms with Gasteiger partial charge in [-0.3, -0.25) is 9.59 Å². The average molecular weight is 674 g/mol. The molecule has 5 N–H and O–H groups in total. The number of halogens is 5. The maximum atomic E-state index is 14.5. The summed E-state index contributed by atoms with van der Waals surface area (Å²) in [5, 5.41) is 19.5. The van der Waals surface area contributed by atoms with Gasteiger partial charge in [0.2, 0.25) is 11.9 Å². The highest BCUT2D eigenvalue weighted by Gasteiger charge is 2.38. The number of nitrogens with zero attached hydrogens (tertiary/aromatic N) is 3. The maximum Gasteiger partial charge on any atom is 0.490 e. The third-order valence-electron chi connectivity index (χ3n) is 6.55. The van der Waals surface area contributed by atoms with Crippen LogP contribution in [0.4, 0.5) is 46.4 Å². The van der Waals surface area contributed by atoms with Gasteiger partial charge in [0.05, 0.1) is 23.3 Å². The van der Waals surface area contributed by atoms with Gasteiger partial charge < -0.3 is 31.3 Å². The van der Waals surface area contributed by atoms with E-state index in [1.54, 1.807) is 48.5 Å². The Morgan fingerprint density at radius 3 is 2.13 bits per heavy atom. The van der Waals surface area contributed by atoms with E-state index in [0.717, 1.165) is 37.9 Å². The molecule has 0 radical (unpaired) electrons. The lowest BCUT2D eigenvalue weighted by atomic mass is 10.1. The molecule has 1 fully saturated rings. The smallest absolute Gasteiger partial charge is 0.475 e. The number of carboxylic acid groups (broad SMARTS) is 1. The van der Waals surface area contributed by atoms with E-state index < -0.39 is 18.0 Å². The largest absolute Gasteiger partial charge is 0.490 e. The summed E-state index contributed by atoms with van der Waals surface area (Å²) in [6.07, 6.45) is -3.68. The van der Waals surface area contributed by atoms with Crippen molar-refractivity contribution in [1.29, 1.82) is 0 Å². The lowest BCUT2D eigenvalue weighted by Gasteiger charge is -2.27. The van der Waals surface area contributed by atoms with E-state index >= 15 is 0 Å². The molecule has 246 valence electrons. The summed E-state index contributed by atoms with van der Waals surface area (Å²) >= 11 is 6.11. The number of carbonyl (C=O) groups excluding carboxylic acids is 2. The highest BCUT2D eigenvalue weighted by atomic mass is 35.5. The first-order valence-corrected chi connectivity index (χ1v) is 14.4. The summed E-state index contributed by atoms with van der Waals surface area (Å²) in [5.41, 5.74) is 3.06. The van der Waals surface area contributed by atoms with Crippen molar-refractivity contribution < 1.29 is 37.1 Å². The summed E-state index contributed by atoms with van der Waals surface area (Å²) in [5.74, 6) is -3.43.